The van der Waals surface area contributed by atoms with Crippen LogP contribution >= 0.6 is 0 Å². The van der Waals surface area contributed by atoms with Gasteiger partial charge < -0.3 is 10.4 Å². The lowest BCUT2D eigenvalue weighted by Gasteiger charge is -2.14. The van der Waals surface area contributed by atoms with E-state index in [1.807, 2.05) is 50.2 Å². The summed E-state index contributed by atoms with van der Waals surface area (Å²) in [6.45, 7) is 3.70. The highest BCUT2D eigenvalue weighted by atomic mass is 16.4. The number of nitrogens with one attached hydrogen (secondary N) is 1. The molecule has 0 bridgehead atoms. The van der Waals surface area contributed by atoms with E-state index in [1.165, 1.54) is 6.20 Å². The van der Waals surface area contributed by atoms with E-state index in [2.05, 4.69) is 15.4 Å². The summed E-state index contributed by atoms with van der Waals surface area (Å²) in [6, 6.07) is 9.99. The maximum Gasteiger partial charge on any atom is 0.326 e. The molecule has 0 aliphatic heterocycles. The molecular weight excluding hydrogens is 320 g/mol. The number of aromatic nitrogens is 3. The summed E-state index contributed by atoms with van der Waals surface area (Å²) in [5.74, 6) is -1.59. The summed E-state index contributed by atoms with van der Waals surface area (Å²) in [5, 5.41) is 16.2. The van der Waals surface area contributed by atoms with Gasteiger partial charge in [-0.1, -0.05) is 30.3 Å². The van der Waals surface area contributed by atoms with Gasteiger partial charge in [0.1, 0.15) is 11.6 Å². The molecule has 2 aromatic heterocycles. The number of carboxylic acids is 1. The summed E-state index contributed by atoms with van der Waals surface area (Å²) in [5.41, 5.74) is 3.11. The van der Waals surface area contributed by atoms with Crippen LogP contribution in [0.1, 0.15) is 27.3 Å². The molecule has 7 heteroatoms. The van der Waals surface area contributed by atoms with Crippen molar-refractivity contribution in [1.29, 1.82) is 0 Å². The van der Waals surface area contributed by atoms with Gasteiger partial charge >= 0.3 is 5.97 Å². The Kier molecular flexibility index (Phi) is 4.47. The standard InChI is InChI=1S/C18H18N4O3/c1-11-8-12(2)22-16(20-11)14(10-19-22)17(23)21-15(18(24)25)9-13-6-4-3-5-7-13/h3-8,10,15H,9H2,1-2H3,(H,21,23)(H,24,25)/t15-/m1/s1. The van der Waals surface area contributed by atoms with Gasteiger partial charge in [-0.15, -0.1) is 0 Å². The minimum Gasteiger partial charge on any atom is -0.480 e. The minimum absolute atomic E-state index is 0.201. The zero-order chi connectivity index (χ0) is 18.0. The predicted molar refractivity (Wildman–Crippen MR) is 91.5 cm³/mol. The van der Waals surface area contributed by atoms with Crippen molar-refractivity contribution in [3.63, 3.8) is 0 Å². The monoisotopic (exact) mass is 338 g/mol. The Bertz CT molecular complexity index is 934. The van der Waals surface area contributed by atoms with E-state index in [4.69, 9.17) is 0 Å². The number of nitrogens with zero attached hydrogens (tertiary/aromatic N) is 3. The maximum atomic E-state index is 12.6. The number of aliphatic carboxylic acids is 1. The van der Waals surface area contributed by atoms with E-state index < -0.39 is 17.9 Å². The predicted octanol–water partition coefficient (Wildman–Crippen LogP) is 1.77. The van der Waals surface area contributed by atoms with Gasteiger partial charge in [0.15, 0.2) is 5.65 Å². The van der Waals surface area contributed by atoms with Crippen LogP contribution < -0.4 is 5.32 Å². The normalized spacial score (nSPS) is 12.1. The third-order valence-corrected chi connectivity index (χ3v) is 3.91. The molecule has 1 atom stereocenters. The topological polar surface area (TPSA) is 96.6 Å². The smallest absolute Gasteiger partial charge is 0.326 e. The highest BCUT2D eigenvalue weighted by Gasteiger charge is 2.23. The fourth-order valence-electron chi connectivity index (χ4n) is 2.72. The van der Waals surface area contributed by atoms with Crippen molar-refractivity contribution in [2.75, 3.05) is 0 Å². The number of rotatable bonds is 5. The number of carboxylic acid groups (broad SMARTS) is 1. The molecule has 2 N–H and O–H groups in total. The highest BCUT2D eigenvalue weighted by molar-refractivity contribution is 6.01. The zero-order valence-corrected chi connectivity index (χ0v) is 13.9. The third-order valence-electron chi connectivity index (χ3n) is 3.91. The molecular formula is C18H18N4O3. The number of aryl methyl sites for hydroxylation is 2. The molecule has 0 aliphatic rings. The molecule has 0 radical (unpaired) electrons. The van der Waals surface area contributed by atoms with Crippen LogP contribution in [0.5, 0.6) is 0 Å². The van der Waals surface area contributed by atoms with Gasteiger partial charge in [-0.05, 0) is 25.5 Å². The first-order valence-corrected chi connectivity index (χ1v) is 7.85. The van der Waals surface area contributed by atoms with Crippen LogP contribution in [-0.4, -0.2) is 37.6 Å². The second kappa shape index (κ2) is 6.72. The maximum absolute atomic E-state index is 12.6. The fraction of sp³-hybridized carbons (Fsp3) is 0.222. The zero-order valence-electron chi connectivity index (χ0n) is 13.9. The van der Waals surface area contributed by atoms with Crippen LogP contribution in [0.3, 0.4) is 0 Å². The van der Waals surface area contributed by atoms with Crippen LogP contribution in [0, 0.1) is 13.8 Å². The molecule has 3 rings (SSSR count). The first kappa shape index (κ1) is 16.6. The molecule has 0 spiro atoms. The van der Waals surface area contributed by atoms with Gasteiger partial charge in [-0.25, -0.2) is 14.3 Å². The summed E-state index contributed by atoms with van der Waals surface area (Å²) in [4.78, 5) is 28.5. The lowest BCUT2D eigenvalue weighted by molar-refractivity contribution is -0.139. The van der Waals surface area contributed by atoms with E-state index in [0.29, 0.717) is 5.65 Å². The lowest BCUT2D eigenvalue weighted by Crippen LogP contribution is -2.42. The van der Waals surface area contributed by atoms with Gasteiger partial charge in [0.05, 0.1) is 6.20 Å². The Morgan fingerprint density at radius 3 is 2.64 bits per heavy atom. The summed E-state index contributed by atoms with van der Waals surface area (Å²) in [6.07, 6.45) is 1.61. The Balaban J connectivity index is 1.86. The van der Waals surface area contributed by atoms with Gasteiger partial charge in [-0.3, -0.25) is 4.79 Å². The molecule has 0 saturated carbocycles. The number of benzene rings is 1. The average molecular weight is 338 g/mol. The molecule has 0 aliphatic carbocycles. The molecule has 3 aromatic rings. The highest BCUT2D eigenvalue weighted by Crippen LogP contribution is 2.12. The van der Waals surface area contributed by atoms with Gasteiger partial charge in [0.2, 0.25) is 0 Å². The molecule has 0 unspecified atom stereocenters. The first-order chi connectivity index (χ1) is 12.0. The fourth-order valence-corrected chi connectivity index (χ4v) is 2.72. The Morgan fingerprint density at radius 1 is 1.24 bits per heavy atom. The van der Waals surface area contributed by atoms with E-state index >= 15 is 0 Å². The molecule has 25 heavy (non-hydrogen) atoms. The molecule has 7 nitrogen and oxygen atoms in total. The molecule has 128 valence electrons. The summed E-state index contributed by atoms with van der Waals surface area (Å²) < 4.78 is 1.56. The quantitative estimate of drug-likeness (QED) is 0.739. The largest absolute Gasteiger partial charge is 0.480 e. The van der Waals surface area contributed by atoms with Crippen LogP contribution in [0.4, 0.5) is 0 Å². The van der Waals surface area contributed by atoms with Crippen LogP contribution in [-0.2, 0) is 11.2 Å². The van der Waals surface area contributed by atoms with Crippen LogP contribution in [0.25, 0.3) is 5.65 Å². The number of hydrogen-bond donors (Lipinski definition) is 2. The van der Waals surface area contributed by atoms with E-state index in [1.54, 1.807) is 4.52 Å². The van der Waals surface area contributed by atoms with Crippen molar-refractivity contribution in [3.8, 4) is 0 Å². The van der Waals surface area contributed by atoms with Gasteiger partial charge in [0, 0.05) is 17.8 Å². The Morgan fingerprint density at radius 2 is 1.96 bits per heavy atom. The van der Waals surface area contributed by atoms with Crippen molar-refractivity contribution in [2.45, 2.75) is 26.3 Å². The molecule has 0 fully saturated rings. The van der Waals surface area contributed by atoms with E-state index in [-0.39, 0.29) is 12.0 Å². The van der Waals surface area contributed by atoms with Crippen molar-refractivity contribution in [3.05, 3.63) is 65.1 Å². The summed E-state index contributed by atoms with van der Waals surface area (Å²) in [7, 11) is 0. The third kappa shape index (κ3) is 3.50. The molecule has 2 heterocycles. The minimum atomic E-state index is -1.09. The second-order valence-electron chi connectivity index (χ2n) is 5.89. The molecule has 1 aromatic carbocycles. The molecule has 1 amide bonds. The number of amides is 1. The number of hydrogen-bond acceptors (Lipinski definition) is 4. The van der Waals surface area contributed by atoms with Crippen molar-refractivity contribution < 1.29 is 14.7 Å². The van der Waals surface area contributed by atoms with E-state index in [9.17, 15) is 14.7 Å². The van der Waals surface area contributed by atoms with Crippen molar-refractivity contribution >= 4 is 17.5 Å². The first-order valence-electron chi connectivity index (χ1n) is 7.85. The Labute approximate surface area is 144 Å². The van der Waals surface area contributed by atoms with Crippen molar-refractivity contribution in [2.24, 2.45) is 0 Å². The number of fused-ring (bicyclic) bond motifs is 1. The average Bonchev–Trinajstić information content (AvgIpc) is 2.99. The SMILES string of the molecule is Cc1cc(C)n2ncc(C(=O)N[C@H](Cc3ccccc3)C(=O)O)c2n1. The lowest BCUT2D eigenvalue weighted by atomic mass is 10.1. The number of carbonyl (C=O) groups is 2. The van der Waals surface area contributed by atoms with E-state index in [0.717, 1.165) is 17.0 Å². The second-order valence-corrected chi connectivity index (χ2v) is 5.89. The van der Waals surface area contributed by atoms with Crippen LogP contribution in [0.2, 0.25) is 0 Å². The Hall–Kier alpha value is -3.22. The van der Waals surface area contributed by atoms with Crippen LogP contribution in [0.15, 0.2) is 42.6 Å². The van der Waals surface area contributed by atoms with Crippen molar-refractivity contribution in [1.82, 2.24) is 19.9 Å². The summed E-state index contributed by atoms with van der Waals surface area (Å²) >= 11 is 0. The number of carbonyl (C=O) groups excluding carboxylic acids is 1. The van der Waals surface area contributed by atoms with Gasteiger partial charge in [0.25, 0.3) is 5.91 Å². The molecule has 0 saturated heterocycles. The van der Waals surface area contributed by atoms with Gasteiger partial charge in [-0.2, -0.15) is 5.10 Å².